The fraction of sp³-hybridized carbons (Fsp3) is 0.571. The van der Waals surface area contributed by atoms with Gasteiger partial charge in [0.05, 0.1) is 0 Å². The number of nitrogens with zero attached hydrogens (tertiary/aromatic N) is 1. The van der Waals surface area contributed by atoms with Crippen LogP contribution in [0.15, 0.2) is 16.5 Å². The third-order valence-corrected chi connectivity index (χ3v) is 2.83. The minimum Gasteiger partial charge on any atom is -0.316 e. The van der Waals surface area contributed by atoms with Crippen molar-refractivity contribution in [3.05, 3.63) is 11.5 Å². The molecule has 3 heteroatoms. The van der Waals surface area contributed by atoms with Gasteiger partial charge < -0.3 is 5.32 Å². The van der Waals surface area contributed by atoms with Gasteiger partial charge in [0.15, 0.2) is 0 Å². The van der Waals surface area contributed by atoms with Gasteiger partial charge in [-0.25, -0.2) is 0 Å². The summed E-state index contributed by atoms with van der Waals surface area (Å²) in [7, 11) is 2.92. The van der Waals surface area contributed by atoms with Crippen molar-refractivity contribution in [2.75, 3.05) is 19.8 Å². The average molecular weight is 156 g/mol. The lowest BCUT2D eigenvalue weighted by Gasteiger charge is -2.09. The molecule has 0 amide bonds. The summed E-state index contributed by atoms with van der Waals surface area (Å²) in [6.07, 6.45) is 3.15. The largest absolute Gasteiger partial charge is 0.316 e. The van der Waals surface area contributed by atoms with Crippen LogP contribution in [0.5, 0.6) is 0 Å². The van der Waals surface area contributed by atoms with E-state index < -0.39 is 0 Å². The van der Waals surface area contributed by atoms with Gasteiger partial charge in [-0.3, -0.25) is 4.99 Å². The van der Waals surface area contributed by atoms with Gasteiger partial charge in [-0.15, -0.1) is 0 Å². The van der Waals surface area contributed by atoms with E-state index in [0.717, 1.165) is 21.3 Å². The molecule has 0 aromatic heterocycles. The highest BCUT2D eigenvalue weighted by atomic mass is 31.1. The van der Waals surface area contributed by atoms with Gasteiger partial charge in [0.1, 0.15) is 0 Å². The molecular formula is C7H13N2P. The fourth-order valence-electron chi connectivity index (χ4n) is 0.819. The van der Waals surface area contributed by atoms with Crippen LogP contribution in [0.25, 0.3) is 0 Å². The summed E-state index contributed by atoms with van der Waals surface area (Å²) in [4.78, 5) is 4.25. The molecule has 1 heterocycles. The van der Waals surface area contributed by atoms with Crippen LogP contribution >= 0.6 is 8.58 Å². The Hall–Kier alpha value is -0.200. The van der Waals surface area contributed by atoms with E-state index in [1.54, 1.807) is 0 Å². The summed E-state index contributed by atoms with van der Waals surface area (Å²) in [5.74, 6) is 0. The van der Waals surface area contributed by atoms with Crippen LogP contribution in [-0.4, -0.2) is 25.5 Å². The van der Waals surface area contributed by atoms with Gasteiger partial charge in [0.25, 0.3) is 0 Å². The van der Waals surface area contributed by atoms with Crippen LogP contribution in [0, 0.1) is 0 Å². The fourth-order valence-corrected chi connectivity index (χ4v) is 1.85. The Morgan fingerprint density at radius 3 is 3.10 bits per heavy atom. The van der Waals surface area contributed by atoms with Crippen LogP contribution in [0.3, 0.4) is 0 Å². The van der Waals surface area contributed by atoms with Crippen molar-refractivity contribution in [1.82, 2.24) is 5.32 Å². The zero-order chi connectivity index (χ0) is 7.40. The second-order valence-corrected chi connectivity index (χ2v) is 3.75. The van der Waals surface area contributed by atoms with E-state index in [1.807, 2.05) is 13.2 Å². The average Bonchev–Trinajstić information content (AvgIpc) is 1.95. The SMILES string of the molecule is CNCC1=CN=C(C)CP1. The van der Waals surface area contributed by atoms with Crippen molar-refractivity contribution in [2.45, 2.75) is 6.92 Å². The monoisotopic (exact) mass is 156 g/mol. The maximum absolute atomic E-state index is 4.25. The summed E-state index contributed by atoms with van der Waals surface area (Å²) in [5, 5.41) is 4.56. The molecule has 0 aromatic rings. The first-order chi connectivity index (χ1) is 4.83. The molecule has 1 rings (SSSR count). The standard InChI is InChI=1S/C7H13N2P/c1-6-5-10-7(3-8-2)4-9-6/h4,8,10H,3,5H2,1-2H3. The third kappa shape index (κ3) is 2.20. The lowest BCUT2D eigenvalue weighted by Crippen LogP contribution is -2.10. The highest BCUT2D eigenvalue weighted by molar-refractivity contribution is 7.44. The molecule has 0 fully saturated rings. The van der Waals surface area contributed by atoms with E-state index in [4.69, 9.17) is 0 Å². The summed E-state index contributed by atoms with van der Waals surface area (Å²) in [5.41, 5.74) is 1.26. The lowest BCUT2D eigenvalue weighted by molar-refractivity contribution is 0.907. The van der Waals surface area contributed by atoms with Gasteiger partial charge in [-0.1, -0.05) is 8.58 Å². The van der Waals surface area contributed by atoms with Gasteiger partial charge in [0, 0.05) is 24.6 Å². The molecule has 0 bridgehead atoms. The Morgan fingerprint density at radius 2 is 2.60 bits per heavy atom. The van der Waals surface area contributed by atoms with Crippen LogP contribution in [0.4, 0.5) is 0 Å². The smallest absolute Gasteiger partial charge is 0.0314 e. The minimum atomic E-state index is 0.948. The van der Waals surface area contributed by atoms with Crippen molar-refractivity contribution in [3.8, 4) is 0 Å². The summed E-state index contributed by atoms with van der Waals surface area (Å²) in [6.45, 7) is 3.08. The molecule has 10 heavy (non-hydrogen) atoms. The summed E-state index contributed by atoms with van der Waals surface area (Å²) < 4.78 is 0. The first kappa shape index (κ1) is 7.90. The molecule has 1 aliphatic rings. The number of rotatable bonds is 2. The van der Waals surface area contributed by atoms with E-state index in [-0.39, 0.29) is 0 Å². The third-order valence-electron chi connectivity index (χ3n) is 1.38. The van der Waals surface area contributed by atoms with Crippen molar-refractivity contribution in [1.29, 1.82) is 0 Å². The molecule has 1 atom stereocenters. The molecule has 0 radical (unpaired) electrons. The van der Waals surface area contributed by atoms with E-state index in [0.29, 0.717) is 0 Å². The second-order valence-electron chi connectivity index (χ2n) is 2.40. The van der Waals surface area contributed by atoms with Crippen LogP contribution in [-0.2, 0) is 0 Å². The van der Waals surface area contributed by atoms with Gasteiger partial charge >= 0.3 is 0 Å². The molecule has 1 N–H and O–H groups in total. The van der Waals surface area contributed by atoms with Crippen molar-refractivity contribution >= 4 is 14.3 Å². The van der Waals surface area contributed by atoms with E-state index in [2.05, 4.69) is 17.2 Å². The number of hydrogen-bond donors (Lipinski definition) is 1. The maximum Gasteiger partial charge on any atom is 0.0314 e. The molecule has 0 saturated carbocycles. The van der Waals surface area contributed by atoms with E-state index in [9.17, 15) is 0 Å². The Balaban J connectivity index is 2.47. The van der Waals surface area contributed by atoms with Gasteiger partial charge in [-0.05, 0) is 19.3 Å². The predicted molar refractivity (Wildman–Crippen MR) is 48.3 cm³/mol. The van der Waals surface area contributed by atoms with Crippen LogP contribution in [0.2, 0.25) is 0 Å². The van der Waals surface area contributed by atoms with Crippen molar-refractivity contribution in [3.63, 3.8) is 0 Å². The topological polar surface area (TPSA) is 24.4 Å². The Morgan fingerprint density at radius 1 is 1.80 bits per heavy atom. The zero-order valence-electron chi connectivity index (χ0n) is 6.44. The van der Waals surface area contributed by atoms with Crippen LogP contribution < -0.4 is 5.32 Å². The Bertz CT molecular complexity index is 168. The highest BCUT2D eigenvalue weighted by Gasteiger charge is 2.01. The van der Waals surface area contributed by atoms with Crippen molar-refractivity contribution in [2.24, 2.45) is 4.99 Å². The zero-order valence-corrected chi connectivity index (χ0v) is 7.44. The molecule has 1 aliphatic heterocycles. The number of nitrogens with one attached hydrogen (secondary N) is 1. The second kappa shape index (κ2) is 3.85. The summed E-state index contributed by atoms with van der Waals surface area (Å²) in [6, 6.07) is 0. The Labute approximate surface area is 63.6 Å². The first-order valence-corrected chi connectivity index (χ1v) is 4.64. The lowest BCUT2D eigenvalue weighted by atomic mass is 10.5. The first-order valence-electron chi connectivity index (χ1n) is 3.43. The normalized spacial score (nSPS) is 20.6. The van der Waals surface area contributed by atoms with Gasteiger partial charge in [-0.2, -0.15) is 0 Å². The van der Waals surface area contributed by atoms with E-state index in [1.165, 1.54) is 11.0 Å². The molecule has 0 aromatic carbocycles. The minimum absolute atomic E-state index is 0.948. The number of likely N-dealkylation sites (N-methyl/N-ethyl adjacent to an activating group) is 1. The molecular weight excluding hydrogens is 143 g/mol. The molecule has 56 valence electrons. The predicted octanol–water partition coefficient (Wildman–Crippen LogP) is 1.20. The molecule has 1 unspecified atom stereocenters. The summed E-state index contributed by atoms with van der Waals surface area (Å²) >= 11 is 0. The maximum atomic E-state index is 4.25. The number of hydrogen-bond acceptors (Lipinski definition) is 2. The van der Waals surface area contributed by atoms with Gasteiger partial charge in [0.2, 0.25) is 0 Å². The molecule has 0 saturated heterocycles. The Kier molecular flexibility index (Phi) is 3.04. The molecule has 0 aliphatic carbocycles. The molecule has 2 nitrogen and oxygen atoms in total. The van der Waals surface area contributed by atoms with Crippen LogP contribution in [0.1, 0.15) is 6.92 Å². The van der Waals surface area contributed by atoms with E-state index >= 15 is 0 Å². The molecule has 0 spiro atoms. The number of aliphatic imine (C=N–C) groups is 1. The highest BCUT2D eigenvalue weighted by Crippen LogP contribution is 2.25. The quantitative estimate of drug-likeness (QED) is 0.597. The van der Waals surface area contributed by atoms with Crippen molar-refractivity contribution < 1.29 is 0 Å².